The molecule has 1 aliphatic heterocycles. The van der Waals surface area contributed by atoms with Gasteiger partial charge in [-0.05, 0) is 57.5 Å². The first kappa shape index (κ1) is 13.1. The molecule has 0 radical (unpaired) electrons. The van der Waals surface area contributed by atoms with Gasteiger partial charge in [-0.25, -0.2) is 4.98 Å². The maximum atomic E-state index is 6.10. The molecule has 1 saturated heterocycles. The first-order valence-corrected chi connectivity index (χ1v) is 6.68. The van der Waals surface area contributed by atoms with Gasteiger partial charge in [-0.15, -0.1) is 0 Å². The number of aryl methyl sites for hydroxylation is 1. The number of likely N-dealkylation sites (tertiary alicyclic amines) is 1. The van der Waals surface area contributed by atoms with Crippen LogP contribution in [0.4, 0.5) is 11.5 Å². The second-order valence-corrected chi connectivity index (χ2v) is 5.49. The van der Waals surface area contributed by atoms with Gasteiger partial charge in [-0.2, -0.15) is 0 Å². The SMILES string of the molecule is Cc1ccnc(N(C)CC2CCN(C)CC2)c1N. The highest BCUT2D eigenvalue weighted by molar-refractivity contribution is 5.65. The van der Waals surface area contributed by atoms with Crippen LogP contribution in [0.25, 0.3) is 0 Å². The molecule has 100 valence electrons. The molecule has 18 heavy (non-hydrogen) atoms. The van der Waals surface area contributed by atoms with Gasteiger partial charge in [0.05, 0.1) is 5.69 Å². The van der Waals surface area contributed by atoms with E-state index in [2.05, 4.69) is 28.9 Å². The molecular weight excluding hydrogens is 224 g/mol. The Morgan fingerprint density at radius 2 is 2.11 bits per heavy atom. The first-order chi connectivity index (χ1) is 8.58. The summed E-state index contributed by atoms with van der Waals surface area (Å²) in [5.41, 5.74) is 8.02. The minimum absolute atomic E-state index is 0.757. The van der Waals surface area contributed by atoms with Crippen LogP contribution < -0.4 is 10.6 Å². The quantitative estimate of drug-likeness (QED) is 0.885. The fraction of sp³-hybridized carbons (Fsp3) is 0.643. The number of nitrogens with two attached hydrogens (primary N) is 1. The van der Waals surface area contributed by atoms with Crippen LogP contribution >= 0.6 is 0 Å². The Kier molecular flexibility index (Phi) is 4.07. The first-order valence-electron chi connectivity index (χ1n) is 6.68. The van der Waals surface area contributed by atoms with E-state index >= 15 is 0 Å². The van der Waals surface area contributed by atoms with Crippen molar-refractivity contribution in [2.45, 2.75) is 19.8 Å². The topological polar surface area (TPSA) is 45.4 Å². The average Bonchev–Trinajstić information content (AvgIpc) is 2.35. The summed E-state index contributed by atoms with van der Waals surface area (Å²) in [5.74, 6) is 1.68. The molecule has 1 fully saturated rings. The van der Waals surface area contributed by atoms with Crippen LogP contribution in [0, 0.1) is 12.8 Å². The van der Waals surface area contributed by atoms with E-state index < -0.39 is 0 Å². The Hall–Kier alpha value is -1.29. The molecule has 0 amide bonds. The molecule has 0 bridgehead atoms. The van der Waals surface area contributed by atoms with E-state index in [9.17, 15) is 0 Å². The van der Waals surface area contributed by atoms with Gasteiger partial charge in [-0.3, -0.25) is 0 Å². The Morgan fingerprint density at radius 3 is 2.78 bits per heavy atom. The summed E-state index contributed by atoms with van der Waals surface area (Å²) in [5, 5.41) is 0. The predicted molar refractivity (Wildman–Crippen MR) is 76.9 cm³/mol. The van der Waals surface area contributed by atoms with Crippen LogP contribution in [0.2, 0.25) is 0 Å². The van der Waals surface area contributed by atoms with Crippen molar-refractivity contribution in [1.29, 1.82) is 0 Å². The van der Waals surface area contributed by atoms with Crippen molar-refractivity contribution in [1.82, 2.24) is 9.88 Å². The molecule has 4 nitrogen and oxygen atoms in total. The van der Waals surface area contributed by atoms with E-state index in [4.69, 9.17) is 5.73 Å². The third-order valence-electron chi connectivity index (χ3n) is 3.92. The Labute approximate surface area is 110 Å². The highest BCUT2D eigenvalue weighted by atomic mass is 15.2. The second-order valence-electron chi connectivity index (χ2n) is 5.49. The molecule has 2 N–H and O–H groups in total. The van der Waals surface area contributed by atoms with Crippen molar-refractivity contribution in [2.24, 2.45) is 5.92 Å². The molecule has 2 heterocycles. The molecule has 0 atom stereocenters. The highest BCUT2D eigenvalue weighted by Gasteiger charge is 2.19. The monoisotopic (exact) mass is 248 g/mol. The van der Waals surface area contributed by atoms with E-state index in [1.54, 1.807) is 0 Å². The molecular formula is C14H24N4. The van der Waals surface area contributed by atoms with Crippen LogP contribution in [0.15, 0.2) is 12.3 Å². The van der Waals surface area contributed by atoms with Crippen LogP contribution in [0.1, 0.15) is 18.4 Å². The normalized spacial score (nSPS) is 17.9. The molecule has 0 spiro atoms. The minimum atomic E-state index is 0.757. The minimum Gasteiger partial charge on any atom is -0.396 e. The molecule has 1 aliphatic rings. The molecule has 2 rings (SSSR count). The Balaban J connectivity index is 1.99. The largest absolute Gasteiger partial charge is 0.396 e. The lowest BCUT2D eigenvalue weighted by molar-refractivity contribution is 0.222. The standard InChI is InChI=1S/C14H24N4/c1-11-4-7-16-14(13(11)15)18(3)10-12-5-8-17(2)9-6-12/h4,7,12H,5-6,8-10,15H2,1-3H3. The molecule has 0 saturated carbocycles. The number of rotatable bonds is 3. The van der Waals surface area contributed by atoms with Crippen molar-refractivity contribution < 1.29 is 0 Å². The molecule has 4 heteroatoms. The van der Waals surface area contributed by atoms with Crippen molar-refractivity contribution in [3.8, 4) is 0 Å². The summed E-state index contributed by atoms with van der Waals surface area (Å²) in [6, 6.07) is 1.96. The predicted octanol–water partition coefficient (Wildman–Crippen LogP) is 1.75. The summed E-state index contributed by atoms with van der Waals surface area (Å²) in [7, 11) is 4.29. The molecule has 1 aromatic heterocycles. The van der Waals surface area contributed by atoms with Crippen LogP contribution in [0.5, 0.6) is 0 Å². The maximum absolute atomic E-state index is 6.10. The maximum Gasteiger partial charge on any atom is 0.151 e. The average molecular weight is 248 g/mol. The van der Waals surface area contributed by atoms with Gasteiger partial charge < -0.3 is 15.5 Å². The van der Waals surface area contributed by atoms with E-state index in [1.807, 2.05) is 19.2 Å². The van der Waals surface area contributed by atoms with E-state index in [0.29, 0.717) is 0 Å². The van der Waals surface area contributed by atoms with Gasteiger partial charge >= 0.3 is 0 Å². The van der Waals surface area contributed by atoms with Crippen LogP contribution in [0.3, 0.4) is 0 Å². The summed E-state index contributed by atoms with van der Waals surface area (Å²) >= 11 is 0. The number of hydrogen-bond acceptors (Lipinski definition) is 4. The van der Waals surface area contributed by atoms with Crippen molar-refractivity contribution >= 4 is 11.5 Å². The lowest BCUT2D eigenvalue weighted by Gasteiger charge is -2.32. The Bertz CT molecular complexity index is 397. The lowest BCUT2D eigenvalue weighted by atomic mass is 9.96. The second kappa shape index (κ2) is 5.57. The lowest BCUT2D eigenvalue weighted by Crippen LogP contribution is -2.36. The zero-order valence-electron chi connectivity index (χ0n) is 11.7. The van der Waals surface area contributed by atoms with Gasteiger partial charge in [0.15, 0.2) is 5.82 Å². The van der Waals surface area contributed by atoms with E-state index in [1.165, 1.54) is 25.9 Å². The smallest absolute Gasteiger partial charge is 0.151 e. The third kappa shape index (κ3) is 2.93. The molecule has 0 unspecified atom stereocenters. The number of piperidine rings is 1. The fourth-order valence-electron chi connectivity index (χ4n) is 2.58. The van der Waals surface area contributed by atoms with Gasteiger partial charge in [0, 0.05) is 19.8 Å². The zero-order chi connectivity index (χ0) is 13.1. The van der Waals surface area contributed by atoms with Crippen molar-refractivity contribution in [2.75, 3.05) is 44.4 Å². The number of aromatic nitrogens is 1. The third-order valence-corrected chi connectivity index (χ3v) is 3.92. The van der Waals surface area contributed by atoms with Crippen LogP contribution in [-0.4, -0.2) is 43.6 Å². The summed E-state index contributed by atoms with van der Waals surface area (Å²) < 4.78 is 0. The molecule has 1 aromatic rings. The van der Waals surface area contributed by atoms with Gasteiger partial charge in [0.2, 0.25) is 0 Å². The molecule has 0 aromatic carbocycles. The fourth-order valence-corrected chi connectivity index (χ4v) is 2.58. The summed E-state index contributed by atoms with van der Waals surface area (Å²) in [6.45, 7) is 5.49. The zero-order valence-corrected chi connectivity index (χ0v) is 11.7. The number of pyridine rings is 1. The van der Waals surface area contributed by atoms with Gasteiger partial charge in [0.1, 0.15) is 0 Å². The van der Waals surface area contributed by atoms with Crippen LogP contribution in [-0.2, 0) is 0 Å². The summed E-state index contributed by atoms with van der Waals surface area (Å²) in [4.78, 5) is 9.02. The van der Waals surface area contributed by atoms with Crippen molar-refractivity contribution in [3.05, 3.63) is 17.8 Å². The Morgan fingerprint density at radius 1 is 1.44 bits per heavy atom. The van der Waals surface area contributed by atoms with E-state index in [-0.39, 0.29) is 0 Å². The van der Waals surface area contributed by atoms with Gasteiger partial charge in [0.25, 0.3) is 0 Å². The van der Waals surface area contributed by atoms with E-state index in [0.717, 1.165) is 29.5 Å². The molecule has 0 aliphatic carbocycles. The number of anilines is 2. The highest BCUT2D eigenvalue weighted by Crippen LogP contribution is 2.25. The number of hydrogen-bond donors (Lipinski definition) is 1. The van der Waals surface area contributed by atoms with Gasteiger partial charge in [-0.1, -0.05) is 0 Å². The summed E-state index contributed by atoms with van der Waals surface area (Å²) in [6.07, 6.45) is 4.38. The number of nitrogen functional groups attached to an aromatic ring is 1. The number of nitrogens with zero attached hydrogens (tertiary/aromatic N) is 3. The van der Waals surface area contributed by atoms with Crippen molar-refractivity contribution in [3.63, 3.8) is 0 Å².